The van der Waals surface area contributed by atoms with Gasteiger partial charge in [0.2, 0.25) is 0 Å². The van der Waals surface area contributed by atoms with Gasteiger partial charge in [-0.2, -0.15) is 0 Å². The zero-order valence-corrected chi connectivity index (χ0v) is 21.0. The van der Waals surface area contributed by atoms with Crippen LogP contribution in [0, 0.1) is 6.42 Å². The van der Waals surface area contributed by atoms with Gasteiger partial charge < -0.3 is 0 Å². The predicted molar refractivity (Wildman–Crippen MR) is 136 cm³/mol. The van der Waals surface area contributed by atoms with Gasteiger partial charge >= 0.3 is 0 Å². The summed E-state index contributed by atoms with van der Waals surface area (Å²) < 4.78 is 0. The molecule has 0 aromatic rings. The van der Waals surface area contributed by atoms with Crippen molar-refractivity contribution in [3.63, 3.8) is 0 Å². The molecule has 1 radical (unpaired) electrons. The smallest absolute Gasteiger partial charge is 0.0386 e. The van der Waals surface area contributed by atoms with E-state index in [9.17, 15) is 0 Å². The molecule has 0 heteroatoms. The standard InChI is InChI=1S/C29H59/c1-3-5-7-9-11-13-15-17-19-21-23-25-27-29-28-26-24-22-20-18-16-14-12-10-8-6-4-2/h13H,3-12,14-29H2,1-2H3. The highest BCUT2D eigenvalue weighted by atomic mass is 14.0. The Bertz CT molecular complexity index is 231. The molecule has 0 nitrogen and oxygen atoms in total. The molecule has 0 heterocycles. The van der Waals surface area contributed by atoms with Crippen LogP contribution in [0.15, 0.2) is 0 Å². The molecule has 0 N–H and O–H groups in total. The van der Waals surface area contributed by atoms with Crippen LogP contribution < -0.4 is 0 Å². The molecule has 0 spiro atoms. The Morgan fingerprint density at radius 2 is 0.483 bits per heavy atom. The van der Waals surface area contributed by atoms with Crippen molar-refractivity contribution in [1.82, 2.24) is 0 Å². The summed E-state index contributed by atoms with van der Waals surface area (Å²) in [6, 6.07) is 0. The fourth-order valence-corrected chi connectivity index (χ4v) is 4.40. The van der Waals surface area contributed by atoms with Crippen LogP contribution in [-0.2, 0) is 0 Å². The second-order valence-electron chi connectivity index (χ2n) is 9.64. The Kier molecular flexibility index (Phi) is 28.0. The molecule has 0 saturated carbocycles. The molecule has 29 heavy (non-hydrogen) atoms. The first kappa shape index (κ1) is 29.0. The van der Waals surface area contributed by atoms with Crippen LogP contribution in [0.5, 0.6) is 0 Å². The van der Waals surface area contributed by atoms with Gasteiger partial charge in [-0.3, -0.25) is 0 Å². The number of hydrogen-bond acceptors (Lipinski definition) is 0. The van der Waals surface area contributed by atoms with Crippen molar-refractivity contribution in [3.05, 3.63) is 6.42 Å². The predicted octanol–water partition coefficient (Wildman–Crippen LogP) is 11.4. The summed E-state index contributed by atoms with van der Waals surface area (Å²) in [6.45, 7) is 4.60. The molecular formula is C29H59. The van der Waals surface area contributed by atoms with E-state index in [-0.39, 0.29) is 0 Å². The van der Waals surface area contributed by atoms with Gasteiger partial charge in [-0.25, -0.2) is 0 Å². The minimum Gasteiger partial charge on any atom is -0.0654 e. The summed E-state index contributed by atoms with van der Waals surface area (Å²) in [6.07, 6.45) is 40.4. The largest absolute Gasteiger partial charge is 0.0654 e. The highest BCUT2D eigenvalue weighted by Gasteiger charge is 1.96. The normalized spacial score (nSPS) is 11.4. The summed E-state index contributed by atoms with van der Waals surface area (Å²) in [5.41, 5.74) is 0. The third kappa shape index (κ3) is 28.0. The van der Waals surface area contributed by atoms with E-state index >= 15 is 0 Å². The van der Waals surface area contributed by atoms with E-state index in [1.807, 2.05) is 0 Å². The Morgan fingerprint density at radius 1 is 0.276 bits per heavy atom. The van der Waals surface area contributed by atoms with Gasteiger partial charge in [0, 0.05) is 0 Å². The van der Waals surface area contributed by atoms with Crippen LogP contribution in [0.2, 0.25) is 0 Å². The fourth-order valence-electron chi connectivity index (χ4n) is 4.40. The molecule has 0 amide bonds. The molecule has 0 unspecified atom stereocenters. The Morgan fingerprint density at radius 3 is 0.759 bits per heavy atom. The number of hydrogen-bond donors (Lipinski definition) is 0. The lowest BCUT2D eigenvalue weighted by atomic mass is 10.0. The van der Waals surface area contributed by atoms with Crippen molar-refractivity contribution in [2.75, 3.05) is 0 Å². The summed E-state index contributed by atoms with van der Waals surface area (Å²) in [4.78, 5) is 0. The van der Waals surface area contributed by atoms with Gasteiger partial charge in [0.25, 0.3) is 0 Å². The van der Waals surface area contributed by atoms with E-state index < -0.39 is 0 Å². The molecule has 0 fully saturated rings. The molecule has 0 atom stereocenters. The minimum atomic E-state index is 1.36. The Labute approximate surface area is 187 Å². The summed E-state index contributed by atoms with van der Waals surface area (Å²) >= 11 is 0. The first-order chi connectivity index (χ1) is 14.4. The third-order valence-corrected chi connectivity index (χ3v) is 6.52. The van der Waals surface area contributed by atoms with Crippen LogP contribution in [0.3, 0.4) is 0 Å². The van der Waals surface area contributed by atoms with E-state index in [4.69, 9.17) is 0 Å². The van der Waals surface area contributed by atoms with E-state index in [0.717, 1.165) is 0 Å². The van der Waals surface area contributed by atoms with Crippen LogP contribution in [0.4, 0.5) is 0 Å². The number of unbranched alkanes of at least 4 members (excludes halogenated alkanes) is 26. The van der Waals surface area contributed by atoms with Gasteiger partial charge in [0.1, 0.15) is 0 Å². The lowest BCUT2D eigenvalue weighted by molar-refractivity contribution is 0.521. The molecule has 0 aromatic carbocycles. The third-order valence-electron chi connectivity index (χ3n) is 6.52. The number of rotatable bonds is 26. The topological polar surface area (TPSA) is 0 Å². The average molecular weight is 408 g/mol. The van der Waals surface area contributed by atoms with Crippen molar-refractivity contribution in [1.29, 1.82) is 0 Å². The van der Waals surface area contributed by atoms with Crippen molar-refractivity contribution in [3.8, 4) is 0 Å². The highest BCUT2D eigenvalue weighted by Crippen LogP contribution is 2.15. The van der Waals surface area contributed by atoms with Gasteiger partial charge in [0.05, 0.1) is 0 Å². The van der Waals surface area contributed by atoms with Crippen LogP contribution in [-0.4, -0.2) is 0 Å². The average Bonchev–Trinajstić information content (AvgIpc) is 2.74. The minimum absolute atomic E-state index is 1.36. The van der Waals surface area contributed by atoms with Gasteiger partial charge in [-0.15, -0.1) is 0 Å². The summed E-state index contributed by atoms with van der Waals surface area (Å²) in [5, 5.41) is 0. The van der Waals surface area contributed by atoms with E-state index in [1.165, 1.54) is 167 Å². The molecule has 175 valence electrons. The Balaban J connectivity index is 2.97. The maximum Gasteiger partial charge on any atom is -0.0386 e. The zero-order chi connectivity index (χ0) is 21.1. The highest BCUT2D eigenvalue weighted by molar-refractivity contribution is 4.64. The van der Waals surface area contributed by atoms with Gasteiger partial charge in [0.15, 0.2) is 0 Å². The van der Waals surface area contributed by atoms with Gasteiger partial charge in [-0.1, -0.05) is 181 Å². The molecule has 0 aliphatic heterocycles. The SMILES string of the molecule is CCCCCC[CH]CCCCCCCCCCCCCCCCCCCCCC. The molecule has 0 saturated heterocycles. The maximum atomic E-state index is 2.55. The second-order valence-corrected chi connectivity index (χ2v) is 9.64. The quantitative estimate of drug-likeness (QED) is 0.125. The molecule has 0 aliphatic carbocycles. The fraction of sp³-hybridized carbons (Fsp3) is 0.966. The maximum absolute atomic E-state index is 2.55. The van der Waals surface area contributed by atoms with Gasteiger partial charge in [-0.05, 0) is 6.42 Å². The van der Waals surface area contributed by atoms with E-state index in [1.54, 1.807) is 0 Å². The summed E-state index contributed by atoms with van der Waals surface area (Å²) in [7, 11) is 0. The summed E-state index contributed by atoms with van der Waals surface area (Å²) in [5.74, 6) is 0. The Hall–Kier alpha value is 0. The molecule has 0 bridgehead atoms. The van der Waals surface area contributed by atoms with Crippen LogP contribution >= 0.6 is 0 Å². The monoisotopic (exact) mass is 407 g/mol. The first-order valence-electron chi connectivity index (χ1n) is 14.2. The van der Waals surface area contributed by atoms with Crippen molar-refractivity contribution >= 4 is 0 Å². The lowest BCUT2D eigenvalue weighted by Gasteiger charge is -2.04. The van der Waals surface area contributed by atoms with Crippen molar-refractivity contribution in [2.45, 2.75) is 181 Å². The van der Waals surface area contributed by atoms with Crippen molar-refractivity contribution in [2.24, 2.45) is 0 Å². The molecule has 0 aliphatic rings. The first-order valence-corrected chi connectivity index (χ1v) is 14.2. The zero-order valence-electron chi connectivity index (χ0n) is 21.0. The van der Waals surface area contributed by atoms with Crippen LogP contribution in [0.25, 0.3) is 0 Å². The molecule has 0 rings (SSSR count). The molecular weight excluding hydrogens is 348 g/mol. The van der Waals surface area contributed by atoms with Crippen LogP contribution in [0.1, 0.15) is 181 Å². The lowest BCUT2D eigenvalue weighted by Crippen LogP contribution is -1.85. The van der Waals surface area contributed by atoms with Crippen molar-refractivity contribution < 1.29 is 0 Å². The second kappa shape index (κ2) is 28.0. The van der Waals surface area contributed by atoms with E-state index in [2.05, 4.69) is 20.3 Å². The van der Waals surface area contributed by atoms with E-state index in [0.29, 0.717) is 0 Å². The molecule has 0 aromatic heterocycles.